The predicted molar refractivity (Wildman–Crippen MR) is 78.3 cm³/mol. The summed E-state index contributed by atoms with van der Waals surface area (Å²) in [6, 6.07) is 2.17. The molecular formula is C13H15BrFNO4S. The topological polar surface area (TPSA) is 74.7 Å². The minimum absolute atomic E-state index is 0.217. The van der Waals surface area contributed by atoms with Gasteiger partial charge in [0.15, 0.2) is 5.82 Å². The summed E-state index contributed by atoms with van der Waals surface area (Å²) in [4.78, 5) is 10.4. The van der Waals surface area contributed by atoms with Crippen LogP contribution in [-0.2, 0) is 10.0 Å². The molecule has 1 heterocycles. The number of nitrogens with zero attached hydrogens (tertiary/aromatic N) is 1. The van der Waals surface area contributed by atoms with Crippen molar-refractivity contribution in [2.45, 2.75) is 30.6 Å². The predicted octanol–water partition coefficient (Wildman–Crippen LogP) is 2.85. The summed E-state index contributed by atoms with van der Waals surface area (Å²) in [6.45, 7) is 0.660. The van der Waals surface area contributed by atoms with Gasteiger partial charge in [0.2, 0.25) is 10.0 Å². The van der Waals surface area contributed by atoms with Crippen molar-refractivity contribution in [1.29, 1.82) is 0 Å². The molecule has 0 atom stereocenters. The SMILES string of the molecule is O=C(O)c1cc(Br)cc(S(=O)(=O)N2CCCCCC2)c1F. The number of carboxylic acids is 1. The first-order valence-corrected chi connectivity index (χ1v) is 8.80. The first kappa shape index (κ1) is 16.4. The summed E-state index contributed by atoms with van der Waals surface area (Å²) in [7, 11) is -4.03. The van der Waals surface area contributed by atoms with Crippen LogP contribution in [0, 0.1) is 5.82 Å². The lowest BCUT2D eigenvalue weighted by atomic mass is 10.2. The van der Waals surface area contributed by atoms with E-state index in [0.717, 1.165) is 37.8 Å². The molecule has 1 fully saturated rings. The van der Waals surface area contributed by atoms with E-state index in [-0.39, 0.29) is 4.47 Å². The summed E-state index contributed by atoms with van der Waals surface area (Å²) in [6.07, 6.45) is 3.32. The summed E-state index contributed by atoms with van der Waals surface area (Å²) < 4.78 is 40.8. The molecule has 1 aliphatic rings. The number of sulfonamides is 1. The average Bonchev–Trinajstić information content (AvgIpc) is 2.70. The molecule has 116 valence electrons. The van der Waals surface area contributed by atoms with Crippen molar-refractivity contribution in [3.63, 3.8) is 0 Å². The molecule has 0 amide bonds. The Morgan fingerprint density at radius 2 is 1.76 bits per heavy atom. The van der Waals surface area contributed by atoms with E-state index in [1.54, 1.807) is 0 Å². The Morgan fingerprint density at radius 3 is 2.29 bits per heavy atom. The molecule has 0 aromatic heterocycles. The van der Waals surface area contributed by atoms with Gasteiger partial charge in [-0.2, -0.15) is 4.31 Å². The Bertz CT molecular complexity index is 654. The zero-order valence-corrected chi connectivity index (χ0v) is 13.6. The van der Waals surface area contributed by atoms with Gasteiger partial charge >= 0.3 is 5.97 Å². The third kappa shape index (κ3) is 3.44. The number of halogens is 2. The highest BCUT2D eigenvalue weighted by molar-refractivity contribution is 9.10. The zero-order valence-electron chi connectivity index (χ0n) is 11.2. The highest BCUT2D eigenvalue weighted by atomic mass is 79.9. The van der Waals surface area contributed by atoms with E-state index in [9.17, 15) is 17.6 Å². The second-order valence-corrected chi connectivity index (χ2v) is 7.71. The molecule has 1 aliphatic heterocycles. The summed E-state index contributed by atoms with van der Waals surface area (Å²) in [5, 5.41) is 8.97. The van der Waals surface area contributed by atoms with Crippen molar-refractivity contribution in [2.75, 3.05) is 13.1 Å². The molecule has 2 rings (SSSR count). The maximum Gasteiger partial charge on any atom is 0.338 e. The molecular weight excluding hydrogens is 365 g/mol. The Labute approximate surface area is 130 Å². The van der Waals surface area contributed by atoms with E-state index in [2.05, 4.69) is 15.9 Å². The molecule has 0 radical (unpaired) electrons. The lowest BCUT2D eigenvalue weighted by Crippen LogP contribution is -2.32. The van der Waals surface area contributed by atoms with E-state index in [1.165, 1.54) is 4.31 Å². The van der Waals surface area contributed by atoms with Crippen molar-refractivity contribution >= 4 is 31.9 Å². The lowest BCUT2D eigenvalue weighted by Gasteiger charge is -2.20. The van der Waals surface area contributed by atoms with Gasteiger partial charge in [-0.05, 0) is 25.0 Å². The van der Waals surface area contributed by atoms with Crippen LogP contribution in [0.25, 0.3) is 0 Å². The van der Waals surface area contributed by atoms with Gasteiger partial charge in [0.05, 0.1) is 5.56 Å². The quantitative estimate of drug-likeness (QED) is 0.875. The fraction of sp³-hybridized carbons (Fsp3) is 0.462. The van der Waals surface area contributed by atoms with E-state index >= 15 is 0 Å². The maximum absolute atomic E-state index is 14.2. The van der Waals surface area contributed by atoms with Crippen LogP contribution in [0.2, 0.25) is 0 Å². The standard InChI is InChI=1S/C13H15BrFNO4S/c14-9-7-10(13(17)18)12(15)11(8-9)21(19,20)16-5-3-1-2-4-6-16/h7-8H,1-6H2,(H,17,18). The number of hydrogen-bond acceptors (Lipinski definition) is 3. The highest BCUT2D eigenvalue weighted by Gasteiger charge is 2.30. The Hall–Kier alpha value is -0.990. The van der Waals surface area contributed by atoms with Gasteiger partial charge in [-0.1, -0.05) is 28.8 Å². The van der Waals surface area contributed by atoms with Crippen LogP contribution in [0.4, 0.5) is 4.39 Å². The number of rotatable bonds is 3. The molecule has 5 nitrogen and oxygen atoms in total. The Kier molecular flexibility index (Phi) is 5.00. The van der Waals surface area contributed by atoms with Crippen LogP contribution in [0.1, 0.15) is 36.0 Å². The molecule has 0 saturated carbocycles. The zero-order chi connectivity index (χ0) is 15.6. The molecule has 0 aliphatic carbocycles. The van der Waals surface area contributed by atoms with Crippen molar-refractivity contribution in [1.82, 2.24) is 4.31 Å². The first-order valence-electron chi connectivity index (χ1n) is 6.56. The molecule has 0 spiro atoms. The van der Waals surface area contributed by atoms with Gasteiger partial charge < -0.3 is 5.11 Å². The number of benzene rings is 1. The number of aromatic carboxylic acids is 1. The molecule has 0 bridgehead atoms. The molecule has 21 heavy (non-hydrogen) atoms. The van der Waals surface area contributed by atoms with Crippen LogP contribution >= 0.6 is 15.9 Å². The second-order valence-electron chi connectivity index (χ2n) is 4.89. The van der Waals surface area contributed by atoms with Crippen molar-refractivity contribution in [2.24, 2.45) is 0 Å². The third-order valence-corrected chi connectivity index (χ3v) is 5.77. The van der Waals surface area contributed by atoms with Gasteiger partial charge in [-0.15, -0.1) is 0 Å². The van der Waals surface area contributed by atoms with Gasteiger partial charge in [0.25, 0.3) is 0 Å². The second kappa shape index (κ2) is 6.41. The third-order valence-electron chi connectivity index (χ3n) is 3.42. The van der Waals surface area contributed by atoms with Gasteiger partial charge in [-0.25, -0.2) is 17.6 Å². The summed E-state index contributed by atoms with van der Waals surface area (Å²) in [5.74, 6) is -2.71. The van der Waals surface area contributed by atoms with Gasteiger partial charge in [0, 0.05) is 17.6 Å². The molecule has 1 N–H and O–H groups in total. The highest BCUT2D eigenvalue weighted by Crippen LogP contribution is 2.28. The average molecular weight is 380 g/mol. The molecule has 8 heteroatoms. The fourth-order valence-corrected chi connectivity index (χ4v) is 4.57. The van der Waals surface area contributed by atoms with Crippen LogP contribution in [0.3, 0.4) is 0 Å². The molecule has 1 aromatic carbocycles. The lowest BCUT2D eigenvalue weighted by molar-refractivity contribution is 0.0691. The van der Waals surface area contributed by atoms with E-state index in [4.69, 9.17) is 5.11 Å². The number of carbonyl (C=O) groups is 1. The molecule has 1 aromatic rings. The van der Waals surface area contributed by atoms with Crippen LogP contribution in [0.15, 0.2) is 21.5 Å². The smallest absolute Gasteiger partial charge is 0.338 e. The Balaban J connectivity index is 2.51. The van der Waals surface area contributed by atoms with Crippen molar-refractivity contribution < 1.29 is 22.7 Å². The van der Waals surface area contributed by atoms with Crippen LogP contribution in [0.5, 0.6) is 0 Å². The number of carboxylic acid groups (broad SMARTS) is 1. The van der Waals surface area contributed by atoms with Gasteiger partial charge in [-0.3, -0.25) is 0 Å². The van der Waals surface area contributed by atoms with Crippen molar-refractivity contribution in [3.8, 4) is 0 Å². The number of hydrogen-bond donors (Lipinski definition) is 1. The maximum atomic E-state index is 14.2. The molecule has 1 saturated heterocycles. The van der Waals surface area contributed by atoms with Crippen LogP contribution in [-0.4, -0.2) is 36.9 Å². The minimum atomic E-state index is -4.03. The normalized spacial score (nSPS) is 17.4. The largest absolute Gasteiger partial charge is 0.478 e. The Morgan fingerprint density at radius 1 is 1.19 bits per heavy atom. The van der Waals surface area contributed by atoms with E-state index in [1.807, 2.05) is 0 Å². The summed E-state index contributed by atoms with van der Waals surface area (Å²) in [5.41, 5.74) is -0.655. The monoisotopic (exact) mass is 379 g/mol. The minimum Gasteiger partial charge on any atom is -0.478 e. The van der Waals surface area contributed by atoms with Crippen molar-refractivity contribution in [3.05, 3.63) is 28.0 Å². The summed E-state index contributed by atoms with van der Waals surface area (Å²) >= 11 is 3.03. The van der Waals surface area contributed by atoms with E-state index in [0.29, 0.717) is 13.1 Å². The van der Waals surface area contributed by atoms with Gasteiger partial charge in [0.1, 0.15) is 4.90 Å². The van der Waals surface area contributed by atoms with E-state index < -0.39 is 32.3 Å². The molecule has 0 unspecified atom stereocenters. The fourth-order valence-electron chi connectivity index (χ4n) is 2.33. The van der Waals surface area contributed by atoms with Crippen LogP contribution < -0.4 is 0 Å². The first-order chi connectivity index (χ1) is 9.84.